The number of Topliss-reactive ketones (excluding diaryl/α,β-unsaturated/α-hetero) is 1. The predicted octanol–water partition coefficient (Wildman–Crippen LogP) is 3.76. The molecule has 0 aliphatic heterocycles. The van der Waals surface area contributed by atoms with Crippen LogP contribution in [0.1, 0.15) is 65.2 Å². The highest BCUT2D eigenvalue weighted by Crippen LogP contribution is 2.82. The number of carbonyl (C=O) groups excluding carboxylic acids is 1. The van der Waals surface area contributed by atoms with Crippen molar-refractivity contribution in [2.24, 2.45) is 34.0 Å². The van der Waals surface area contributed by atoms with Gasteiger partial charge in [-0.1, -0.05) is 13.8 Å². The number of allylic oxidation sites excluding steroid dienone is 1. The Balaban J connectivity index is 1.59. The molecule has 0 aromatic rings. The first kappa shape index (κ1) is 14.5. The zero-order valence-corrected chi connectivity index (χ0v) is 14.3. The Labute approximate surface area is 138 Å². The lowest BCUT2D eigenvalue weighted by Crippen LogP contribution is -2.54. The van der Waals surface area contributed by atoms with Gasteiger partial charge >= 0.3 is 0 Å². The molecular weight excluding hydrogens is 288 g/mol. The van der Waals surface area contributed by atoms with Crippen molar-refractivity contribution in [2.75, 3.05) is 0 Å². The largest absolute Gasteiger partial charge is 0.504 e. The molecule has 4 saturated carbocycles. The summed E-state index contributed by atoms with van der Waals surface area (Å²) in [5, 5.41) is 21.0. The van der Waals surface area contributed by atoms with Crippen molar-refractivity contribution in [2.45, 2.75) is 71.3 Å². The average Bonchev–Trinajstić information content (AvgIpc) is 3.17. The van der Waals surface area contributed by atoms with Crippen molar-refractivity contribution >= 4 is 5.78 Å². The van der Waals surface area contributed by atoms with Crippen molar-refractivity contribution < 1.29 is 15.0 Å². The molecule has 0 aromatic heterocycles. The van der Waals surface area contributed by atoms with Gasteiger partial charge in [0.2, 0.25) is 0 Å². The summed E-state index contributed by atoms with van der Waals surface area (Å²) in [6, 6.07) is 0. The predicted molar refractivity (Wildman–Crippen MR) is 86.7 cm³/mol. The number of fused-ring (bicyclic) bond motifs is 3. The monoisotopic (exact) mass is 316 g/mol. The smallest absolute Gasteiger partial charge is 0.197 e. The lowest BCUT2D eigenvalue weighted by Gasteiger charge is -2.59. The van der Waals surface area contributed by atoms with Crippen molar-refractivity contribution in [3.8, 4) is 0 Å². The second-order valence-electron chi connectivity index (χ2n) is 9.57. The van der Waals surface area contributed by atoms with Crippen LogP contribution in [0, 0.1) is 34.0 Å². The van der Waals surface area contributed by atoms with Gasteiger partial charge in [0.05, 0.1) is 6.10 Å². The minimum Gasteiger partial charge on any atom is -0.504 e. The van der Waals surface area contributed by atoms with E-state index in [4.69, 9.17) is 0 Å². The van der Waals surface area contributed by atoms with Gasteiger partial charge in [-0.15, -0.1) is 0 Å². The van der Waals surface area contributed by atoms with Crippen LogP contribution in [-0.2, 0) is 4.79 Å². The SMILES string of the molecule is C[C@]12CCC(=O)C(O)=C1CC[C@@H]1[C@@H]2CC[C@]2(C)[C@H](O)C[C@H]3C[C@@]312. The number of hydrogen-bond acceptors (Lipinski definition) is 3. The van der Waals surface area contributed by atoms with Crippen LogP contribution in [0.2, 0.25) is 0 Å². The summed E-state index contributed by atoms with van der Waals surface area (Å²) in [5.41, 5.74) is 1.55. The van der Waals surface area contributed by atoms with E-state index in [0.29, 0.717) is 23.7 Å². The molecule has 0 radical (unpaired) electrons. The molecule has 126 valence electrons. The highest BCUT2D eigenvalue weighted by atomic mass is 16.3. The van der Waals surface area contributed by atoms with Gasteiger partial charge in [-0.05, 0) is 84.5 Å². The highest BCUT2D eigenvalue weighted by molar-refractivity contribution is 5.95. The molecule has 3 nitrogen and oxygen atoms in total. The van der Waals surface area contributed by atoms with Crippen LogP contribution in [0.5, 0.6) is 0 Å². The third-order valence-electron chi connectivity index (χ3n) is 9.22. The van der Waals surface area contributed by atoms with Crippen molar-refractivity contribution in [3.63, 3.8) is 0 Å². The number of aliphatic hydroxyl groups excluding tert-OH is 2. The topological polar surface area (TPSA) is 57.5 Å². The van der Waals surface area contributed by atoms with Gasteiger partial charge in [-0.25, -0.2) is 0 Å². The maximum absolute atomic E-state index is 12.0. The molecule has 4 fully saturated rings. The summed E-state index contributed by atoms with van der Waals surface area (Å²) in [6.07, 6.45) is 7.86. The van der Waals surface area contributed by atoms with Gasteiger partial charge in [0.1, 0.15) is 0 Å². The van der Waals surface area contributed by atoms with E-state index in [1.807, 2.05) is 0 Å². The van der Waals surface area contributed by atoms with Gasteiger partial charge in [0.15, 0.2) is 11.5 Å². The second-order valence-corrected chi connectivity index (χ2v) is 9.57. The summed E-state index contributed by atoms with van der Waals surface area (Å²) in [6.45, 7) is 4.65. The van der Waals surface area contributed by atoms with E-state index >= 15 is 0 Å². The van der Waals surface area contributed by atoms with Crippen LogP contribution in [0.25, 0.3) is 0 Å². The molecule has 0 unspecified atom stereocenters. The molecular formula is C20H28O3. The van der Waals surface area contributed by atoms with Crippen molar-refractivity contribution in [1.29, 1.82) is 0 Å². The molecule has 0 heterocycles. The zero-order chi connectivity index (χ0) is 16.2. The van der Waals surface area contributed by atoms with E-state index in [1.165, 1.54) is 6.42 Å². The minimum absolute atomic E-state index is 0.0116. The van der Waals surface area contributed by atoms with Crippen LogP contribution in [0.4, 0.5) is 0 Å². The van der Waals surface area contributed by atoms with E-state index in [9.17, 15) is 15.0 Å². The zero-order valence-electron chi connectivity index (χ0n) is 14.3. The Kier molecular flexibility index (Phi) is 2.55. The van der Waals surface area contributed by atoms with Gasteiger partial charge < -0.3 is 10.2 Å². The van der Waals surface area contributed by atoms with Crippen molar-refractivity contribution in [3.05, 3.63) is 11.3 Å². The molecule has 0 aromatic carbocycles. The first-order chi connectivity index (χ1) is 10.8. The molecule has 0 saturated heterocycles. The molecule has 0 bridgehead atoms. The fourth-order valence-corrected chi connectivity index (χ4v) is 7.89. The summed E-state index contributed by atoms with van der Waals surface area (Å²) >= 11 is 0. The van der Waals surface area contributed by atoms with Crippen molar-refractivity contribution in [1.82, 2.24) is 0 Å². The van der Waals surface area contributed by atoms with E-state index in [0.717, 1.165) is 50.0 Å². The summed E-state index contributed by atoms with van der Waals surface area (Å²) in [7, 11) is 0. The number of ketones is 1. The lowest BCUT2D eigenvalue weighted by atomic mass is 9.45. The molecule has 23 heavy (non-hydrogen) atoms. The van der Waals surface area contributed by atoms with Gasteiger partial charge in [0, 0.05) is 6.42 Å². The van der Waals surface area contributed by atoms with Crippen LogP contribution in [-0.4, -0.2) is 22.1 Å². The Morgan fingerprint density at radius 1 is 1.09 bits per heavy atom. The fraction of sp³-hybridized carbons (Fsp3) is 0.850. The second kappa shape index (κ2) is 4.04. The molecule has 5 aliphatic rings. The normalized spacial score (nSPS) is 57.4. The molecule has 5 aliphatic carbocycles. The number of carbonyl (C=O) groups is 1. The lowest BCUT2D eigenvalue weighted by molar-refractivity contribution is -0.124. The van der Waals surface area contributed by atoms with Crippen LogP contribution in [0.3, 0.4) is 0 Å². The van der Waals surface area contributed by atoms with Crippen LogP contribution >= 0.6 is 0 Å². The van der Waals surface area contributed by atoms with E-state index in [1.54, 1.807) is 0 Å². The first-order valence-corrected chi connectivity index (χ1v) is 9.48. The molecule has 5 rings (SSSR count). The van der Waals surface area contributed by atoms with Gasteiger partial charge in [0.25, 0.3) is 0 Å². The van der Waals surface area contributed by atoms with E-state index < -0.39 is 0 Å². The number of hydrogen-bond donors (Lipinski definition) is 2. The number of aliphatic hydroxyl groups is 2. The minimum atomic E-state index is -0.117. The molecule has 0 amide bonds. The van der Waals surface area contributed by atoms with Gasteiger partial charge in [-0.2, -0.15) is 0 Å². The van der Waals surface area contributed by atoms with Crippen LogP contribution in [0.15, 0.2) is 11.3 Å². The quantitative estimate of drug-likeness (QED) is 0.715. The van der Waals surface area contributed by atoms with Crippen LogP contribution < -0.4 is 0 Å². The Bertz CT molecular complexity index is 637. The fourth-order valence-electron chi connectivity index (χ4n) is 7.89. The Morgan fingerprint density at radius 2 is 1.87 bits per heavy atom. The molecule has 1 spiro atoms. The molecule has 2 N–H and O–H groups in total. The summed E-state index contributed by atoms with van der Waals surface area (Å²) in [5.74, 6) is 2.04. The summed E-state index contributed by atoms with van der Waals surface area (Å²) < 4.78 is 0. The average molecular weight is 316 g/mol. The maximum Gasteiger partial charge on any atom is 0.197 e. The first-order valence-electron chi connectivity index (χ1n) is 9.48. The third kappa shape index (κ3) is 1.41. The number of rotatable bonds is 0. The standard InChI is InChI=1S/C20H28O3/c1-18-7-6-15(21)17(23)14(18)4-3-13-12(18)5-8-19(2)16(22)9-11-10-20(11,13)19/h11-13,16,22-23H,3-10H2,1-2H3/t11-,12-,13+,16+,18+,19+,20+/m0/s1. The summed E-state index contributed by atoms with van der Waals surface area (Å²) in [4.78, 5) is 12.0. The third-order valence-corrected chi connectivity index (χ3v) is 9.22. The molecule has 3 heteroatoms. The Morgan fingerprint density at radius 3 is 2.65 bits per heavy atom. The molecule has 7 atom stereocenters. The van der Waals surface area contributed by atoms with E-state index in [-0.39, 0.29) is 28.5 Å². The van der Waals surface area contributed by atoms with Gasteiger partial charge in [-0.3, -0.25) is 4.79 Å². The Hall–Kier alpha value is -0.830. The maximum atomic E-state index is 12.0. The highest BCUT2D eigenvalue weighted by Gasteiger charge is 2.77. The van der Waals surface area contributed by atoms with E-state index in [2.05, 4.69) is 13.8 Å².